The molecule has 94 valence electrons. The van der Waals surface area contributed by atoms with Crippen molar-refractivity contribution in [3.63, 3.8) is 0 Å². The summed E-state index contributed by atoms with van der Waals surface area (Å²) in [4.78, 5) is 0. The minimum absolute atomic E-state index is 0.0235. The fraction of sp³-hybridized carbons (Fsp3) is 0.571. The van der Waals surface area contributed by atoms with E-state index in [0.29, 0.717) is 6.61 Å². The molecule has 1 heterocycles. The molecule has 1 aromatic rings. The molecule has 0 spiro atoms. The van der Waals surface area contributed by atoms with Crippen LogP contribution in [0.3, 0.4) is 0 Å². The predicted molar refractivity (Wildman–Crippen MR) is 68.7 cm³/mol. The molecule has 2 rings (SSSR count). The first-order valence-electron chi connectivity index (χ1n) is 6.04. The monoisotopic (exact) mass is 235 g/mol. The Balaban J connectivity index is 2.62. The lowest BCUT2D eigenvalue weighted by atomic mass is 9.83. The number of rotatable bonds is 1. The van der Waals surface area contributed by atoms with Crippen molar-refractivity contribution in [3.05, 3.63) is 23.3 Å². The highest BCUT2D eigenvalue weighted by Gasteiger charge is 2.27. The van der Waals surface area contributed by atoms with Crippen molar-refractivity contribution in [2.24, 2.45) is 5.73 Å². The molecule has 0 saturated carbocycles. The van der Waals surface area contributed by atoms with Crippen molar-refractivity contribution in [1.82, 2.24) is 0 Å². The molecular formula is C14H21NO2. The Bertz CT molecular complexity index is 421. The van der Waals surface area contributed by atoms with Crippen LogP contribution in [0.15, 0.2) is 12.1 Å². The number of ether oxygens (including phenoxy) is 2. The first-order valence-corrected chi connectivity index (χ1v) is 6.04. The molecule has 1 unspecified atom stereocenters. The molecule has 0 bridgehead atoms. The standard InChI is InChI=1S/C14H21NO2/c1-14(2,3)11-8-9(16-4)7-10-12(15)5-6-17-13(10)11/h7-8,12H,5-6,15H2,1-4H3. The zero-order valence-corrected chi connectivity index (χ0v) is 11.0. The van der Waals surface area contributed by atoms with Gasteiger partial charge in [-0.1, -0.05) is 20.8 Å². The third-order valence-corrected chi connectivity index (χ3v) is 3.21. The van der Waals surface area contributed by atoms with Crippen LogP contribution in [-0.4, -0.2) is 13.7 Å². The second-order valence-electron chi connectivity index (χ2n) is 5.59. The lowest BCUT2D eigenvalue weighted by molar-refractivity contribution is 0.260. The number of nitrogens with two attached hydrogens (primary N) is 1. The molecule has 0 radical (unpaired) electrons. The van der Waals surface area contributed by atoms with Gasteiger partial charge in [-0.05, 0) is 17.5 Å². The van der Waals surface area contributed by atoms with Crippen LogP contribution in [0.5, 0.6) is 11.5 Å². The topological polar surface area (TPSA) is 44.5 Å². The number of fused-ring (bicyclic) bond motifs is 1. The van der Waals surface area contributed by atoms with Crippen LogP contribution in [0.4, 0.5) is 0 Å². The van der Waals surface area contributed by atoms with Crippen molar-refractivity contribution in [2.45, 2.75) is 38.6 Å². The lowest BCUT2D eigenvalue weighted by Crippen LogP contribution is -2.24. The summed E-state index contributed by atoms with van der Waals surface area (Å²) in [6.45, 7) is 7.21. The molecule has 3 heteroatoms. The van der Waals surface area contributed by atoms with Gasteiger partial charge in [0.1, 0.15) is 11.5 Å². The van der Waals surface area contributed by atoms with Gasteiger partial charge in [0.25, 0.3) is 0 Å². The van der Waals surface area contributed by atoms with Gasteiger partial charge in [-0.2, -0.15) is 0 Å². The van der Waals surface area contributed by atoms with Crippen LogP contribution < -0.4 is 15.2 Å². The van der Waals surface area contributed by atoms with E-state index < -0.39 is 0 Å². The third kappa shape index (κ3) is 2.25. The van der Waals surface area contributed by atoms with Gasteiger partial charge < -0.3 is 15.2 Å². The highest BCUT2D eigenvalue weighted by atomic mass is 16.5. The van der Waals surface area contributed by atoms with Gasteiger partial charge in [0.2, 0.25) is 0 Å². The second-order valence-corrected chi connectivity index (χ2v) is 5.59. The van der Waals surface area contributed by atoms with Crippen LogP contribution in [0, 0.1) is 0 Å². The maximum Gasteiger partial charge on any atom is 0.128 e. The van der Waals surface area contributed by atoms with E-state index in [0.717, 1.165) is 23.5 Å². The van der Waals surface area contributed by atoms with E-state index in [1.165, 1.54) is 5.56 Å². The highest BCUT2D eigenvalue weighted by Crippen LogP contribution is 2.42. The summed E-state index contributed by atoms with van der Waals surface area (Å²) in [6.07, 6.45) is 0.865. The fourth-order valence-corrected chi connectivity index (χ4v) is 2.18. The Kier molecular flexibility index (Phi) is 3.04. The first-order chi connectivity index (χ1) is 7.93. The molecule has 1 atom stereocenters. The zero-order valence-electron chi connectivity index (χ0n) is 11.0. The van der Waals surface area contributed by atoms with Crippen molar-refractivity contribution < 1.29 is 9.47 Å². The smallest absolute Gasteiger partial charge is 0.128 e. The largest absolute Gasteiger partial charge is 0.497 e. The molecule has 3 nitrogen and oxygen atoms in total. The molecular weight excluding hydrogens is 214 g/mol. The minimum atomic E-state index is 0.0235. The van der Waals surface area contributed by atoms with E-state index in [-0.39, 0.29) is 11.5 Å². The van der Waals surface area contributed by atoms with Crippen LogP contribution in [-0.2, 0) is 5.41 Å². The first kappa shape index (κ1) is 12.2. The summed E-state index contributed by atoms with van der Waals surface area (Å²) in [5.74, 6) is 1.81. The van der Waals surface area contributed by atoms with Crippen LogP contribution in [0.2, 0.25) is 0 Å². The van der Waals surface area contributed by atoms with E-state index in [1.54, 1.807) is 7.11 Å². The molecule has 1 aromatic carbocycles. The summed E-state index contributed by atoms with van der Waals surface area (Å²) < 4.78 is 11.2. The van der Waals surface area contributed by atoms with Crippen molar-refractivity contribution >= 4 is 0 Å². The Morgan fingerprint density at radius 2 is 2.06 bits per heavy atom. The maximum atomic E-state index is 6.15. The Labute approximate surface area is 103 Å². The quantitative estimate of drug-likeness (QED) is 0.814. The molecule has 0 aromatic heterocycles. The average Bonchev–Trinajstić information content (AvgIpc) is 2.27. The summed E-state index contributed by atoms with van der Waals surface area (Å²) in [5.41, 5.74) is 8.41. The summed E-state index contributed by atoms with van der Waals surface area (Å²) in [7, 11) is 1.68. The van der Waals surface area contributed by atoms with Crippen LogP contribution in [0.1, 0.15) is 44.4 Å². The summed E-state index contributed by atoms with van der Waals surface area (Å²) in [6, 6.07) is 4.10. The average molecular weight is 235 g/mol. The van der Waals surface area contributed by atoms with Gasteiger partial charge >= 0.3 is 0 Å². The predicted octanol–water partition coefficient (Wildman–Crippen LogP) is 2.78. The van der Waals surface area contributed by atoms with Gasteiger partial charge in [-0.15, -0.1) is 0 Å². The number of methoxy groups -OCH3 is 1. The summed E-state index contributed by atoms with van der Waals surface area (Å²) in [5, 5.41) is 0. The van der Waals surface area contributed by atoms with Gasteiger partial charge in [0.05, 0.1) is 13.7 Å². The lowest BCUT2D eigenvalue weighted by Gasteiger charge is -2.30. The maximum absolute atomic E-state index is 6.15. The Morgan fingerprint density at radius 1 is 1.35 bits per heavy atom. The Morgan fingerprint density at radius 3 is 2.65 bits per heavy atom. The molecule has 17 heavy (non-hydrogen) atoms. The van der Waals surface area contributed by atoms with Crippen molar-refractivity contribution in [3.8, 4) is 11.5 Å². The number of benzene rings is 1. The second kappa shape index (κ2) is 4.22. The van der Waals surface area contributed by atoms with Gasteiger partial charge in [0, 0.05) is 23.6 Å². The van der Waals surface area contributed by atoms with Crippen molar-refractivity contribution in [1.29, 1.82) is 0 Å². The molecule has 1 aliphatic rings. The molecule has 0 fully saturated rings. The summed E-state index contributed by atoms with van der Waals surface area (Å²) >= 11 is 0. The molecule has 1 aliphatic heterocycles. The molecule has 0 amide bonds. The number of hydrogen-bond donors (Lipinski definition) is 1. The van der Waals surface area contributed by atoms with Crippen molar-refractivity contribution in [2.75, 3.05) is 13.7 Å². The van der Waals surface area contributed by atoms with E-state index in [2.05, 4.69) is 26.8 Å². The van der Waals surface area contributed by atoms with E-state index in [9.17, 15) is 0 Å². The zero-order chi connectivity index (χ0) is 12.6. The van der Waals surface area contributed by atoms with E-state index in [1.807, 2.05) is 6.07 Å². The normalized spacial score (nSPS) is 19.5. The van der Waals surface area contributed by atoms with Gasteiger partial charge in [-0.25, -0.2) is 0 Å². The molecule has 0 aliphatic carbocycles. The van der Waals surface area contributed by atoms with Gasteiger partial charge in [-0.3, -0.25) is 0 Å². The molecule has 2 N–H and O–H groups in total. The van der Waals surface area contributed by atoms with E-state index >= 15 is 0 Å². The highest BCUT2D eigenvalue weighted by molar-refractivity contribution is 5.52. The third-order valence-electron chi connectivity index (χ3n) is 3.21. The fourth-order valence-electron chi connectivity index (χ4n) is 2.18. The van der Waals surface area contributed by atoms with E-state index in [4.69, 9.17) is 15.2 Å². The van der Waals surface area contributed by atoms with Gasteiger partial charge in [0.15, 0.2) is 0 Å². The Hall–Kier alpha value is -1.22. The minimum Gasteiger partial charge on any atom is -0.497 e. The number of hydrogen-bond acceptors (Lipinski definition) is 3. The van der Waals surface area contributed by atoms with Crippen LogP contribution >= 0.6 is 0 Å². The molecule has 0 saturated heterocycles. The SMILES string of the molecule is COc1cc2c(c(C(C)(C)C)c1)OCCC2N. The van der Waals surface area contributed by atoms with Crippen LogP contribution in [0.25, 0.3) is 0 Å².